The van der Waals surface area contributed by atoms with E-state index in [-0.39, 0.29) is 23.9 Å². The van der Waals surface area contributed by atoms with Gasteiger partial charge in [-0.15, -0.1) is 4.40 Å². The monoisotopic (exact) mass is 463 g/mol. The number of fused-ring (bicyclic) bond motifs is 1. The van der Waals surface area contributed by atoms with Crippen LogP contribution in [0.3, 0.4) is 0 Å². The molecule has 33 heavy (non-hydrogen) atoms. The molecule has 0 saturated carbocycles. The highest BCUT2D eigenvalue weighted by Crippen LogP contribution is 2.27. The maximum absolute atomic E-state index is 12.5. The highest BCUT2D eigenvalue weighted by molar-refractivity contribution is 7.90. The average Bonchev–Trinajstić information content (AvgIpc) is 3.12. The molecule has 1 aliphatic heterocycles. The van der Waals surface area contributed by atoms with Gasteiger partial charge >= 0.3 is 5.97 Å². The Morgan fingerprint density at radius 2 is 1.70 bits per heavy atom. The Bertz CT molecular complexity index is 1320. The molecule has 0 spiro atoms. The summed E-state index contributed by atoms with van der Waals surface area (Å²) in [7, 11) is -2.29. The lowest BCUT2D eigenvalue weighted by Gasteiger charge is -2.19. The van der Waals surface area contributed by atoms with E-state index in [4.69, 9.17) is 9.47 Å². The van der Waals surface area contributed by atoms with Crippen LogP contribution in [0, 0.1) is 0 Å². The zero-order valence-corrected chi connectivity index (χ0v) is 18.6. The molecule has 0 saturated heterocycles. The summed E-state index contributed by atoms with van der Waals surface area (Å²) in [6.07, 6.45) is 1.55. The second-order valence-corrected chi connectivity index (χ2v) is 8.57. The molecular weight excluding hydrogens is 442 g/mol. The number of esters is 1. The fourth-order valence-electron chi connectivity index (χ4n) is 3.28. The molecule has 9 heteroatoms. The van der Waals surface area contributed by atoms with E-state index in [1.54, 1.807) is 67.9 Å². The quantitative estimate of drug-likeness (QED) is 0.303. The van der Waals surface area contributed by atoms with E-state index >= 15 is 0 Å². The second-order valence-electron chi connectivity index (χ2n) is 7.00. The Morgan fingerprint density at radius 3 is 2.48 bits per heavy atom. The zero-order valence-electron chi connectivity index (χ0n) is 17.8. The molecule has 1 heterocycles. The SMILES string of the molecule is COc1ccccc1/C=N/N(CCOC(=O)c1ccccc1)C1=NS(=O)(=O)c2ccccc21. The van der Waals surface area contributed by atoms with Gasteiger partial charge < -0.3 is 9.47 Å². The van der Waals surface area contributed by atoms with Crippen LogP contribution in [0.1, 0.15) is 21.5 Å². The lowest BCUT2D eigenvalue weighted by molar-refractivity contribution is 0.0487. The first-order chi connectivity index (χ1) is 16.0. The van der Waals surface area contributed by atoms with Crippen molar-refractivity contribution in [2.24, 2.45) is 9.50 Å². The van der Waals surface area contributed by atoms with Gasteiger partial charge in [0.25, 0.3) is 10.0 Å². The number of sulfonamides is 1. The van der Waals surface area contributed by atoms with Crippen molar-refractivity contribution in [2.75, 3.05) is 20.3 Å². The summed E-state index contributed by atoms with van der Waals surface area (Å²) in [6.45, 7) is 0.0607. The van der Waals surface area contributed by atoms with Gasteiger partial charge in [-0.2, -0.15) is 13.5 Å². The van der Waals surface area contributed by atoms with E-state index in [0.717, 1.165) is 0 Å². The Labute approximate surface area is 191 Å². The first-order valence-corrected chi connectivity index (χ1v) is 11.5. The van der Waals surface area contributed by atoms with Crippen molar-refractivity contribution in [3.05, 3.63) is 95.6 Å². The van der Waals surface area contributed by atoms with Crippen LogP contribution in [0.25, 0.3) is 0 Å². The number of hydrogen-bond acceptors (Lipinski definition) is 7. The predicted octanol–water partition coefficient (Wildman–Crippen LogP) is 3.34. The second kappa shape index (κ2) is 9.66. The highest BCUT2D eigenvalue weighted by atomic mass is 32.2. The molecule has 3 aromatic rings. The molecule has 3 aromatic carbocycles. The van der Waals surface area contributed by atoms with E-state index in [2.05, 4.69) is 9.50 Å². The summed E-state index contributed by atoms with van der Waals surface area (Å²) in [5, 5.41) is 5.87. The lowest BCUT2D eigenvalue weighted by atomic mass is 10.2. The van der Waals surface area contributed by atoms with Crippen molar-refractivity contribution in [3.63, 3.8) is 0 Å². The minimum atomic E-state index is -3.84. The maximum Gasteiger partial charge on any atom is 0.338 e. The van der Waals surface area contributed by atoms with Crippen molar-refractivity contribution in [3.8, 4) is 5.75 Å². The molecule has 0 unspecified atom stereocenters. The van der Waals surface area contributed by atoms with Crippen LogP contribution in [0.2, 0.25) is 0 Å². The molecule has 1 aliphatic rings. The summed E-state index contributed by atoms with van der Waals surface area (Å²) >= 11 is 0. The molecule has 4 rings (SSSR count). The third-order valence-corrected chi connectivity index (χ3v) is 6.20. The number of ether oxygens (including phenoxy) is 2. The van der Waals surface area contributed by atoms with Gasteiger partial charge in [0.05, 0.1) is 25.4 Å². The average molecular weight is 464 g/mol. The highest BCUT2D eigenvalue weighted by Gasteiger charge is 2.31. The van der Waals surface area contributed by atoms with Crippen LogP contribution >= 0.6 is 0 Å². The fraction of sp³-hybridized carbons (Fsp3) is 0.125. The Balaban J connectivity index is 1.60. The number of nitrogens with zero attached hydrogens (tertiary/aromatic N) is 3. The number of carbonyl (C=O) groups is 1. The molecule has 0 amide bonds. The molecule has 8 nitrogen and oxygen atoms in total. The summed E-state index contributed by atoms with van der Waals surface area (Å²) in [4.78, 5) is 12.4. The minimum Gasteiger partial charge on any atom is -0.496 e. The van der Waals surface area contributed by atoms with Crippen molar-refractivity contribution >= 4 is 28.0 Å². The predicted molar refractivity (Wildman–Crippen MR) is 124 cm³/mol. The van der Waals surface area contributed by atoms with Gasteiger partial charge in [0, 0.05) is 11.1 Å². The van der Waals surface area contributed by atoms with Crippen LogP contribution in [-0.2, 0) is 14.8 Å². The summed E-state index contributed by atoms with van der Waals surface area (Å²) in [6, 6.07) is 22.4. The summed E-state index contributed by atoms with van der Waals surface area (Å²) in [5.41, 5.74) is 1.55. The van der Waals surface area contributed by atoms with E-state index in [0.29, 0.717) is 22.4 Å². The molecule has 0 atom stereocenters. The number of carbonyl (C=O) groups excluding carboxylic acids is 1. The van der Waals surface area contributed by atoms with Crippen LogP contribution in [0.5, 0.6) is 5.75 Å². The molecule has 0 bridgehead atoms. The van der Waals surface area contributed by atoms with Gasteiger partial charge in [-0.25, -0.2) is 9.80 Å². The molecule has 0 N–H and O–H groups in total. The van der Waals surface area contributed by atoms with Gasteiger partial charge in [0.15, 0.2) is 5.84 Å². The molecule has 0 radical (unpaired) electrons. The van der Waals surface area contributed by atoms with E-state index < -0.39 is 16.0 Å². The molecule has 0 aromatic heterocycles. The lowest BCUT2D eigenvalue weighted by Crippen LogP contribution is -2.30. The van der Waals surface area contributed by atoms with Crippen LogP contribution in [0.15, 0.2) is 93.3 Å². The first-order valence-electron chi connectivity index (χ1n) is 10.1. The van der Waals surface area contributed by atoms with E-state index in [1.165, 1.54) is 11.1 Å². The number of para-hydroxylation sites is 1. The van der Waals surface area contributed by atoms with Crippen molar-refractivity contribution in [1.82, 2.24) is 5.01 Å². The van der Waals surface area contributed by atoms with Gasteiger partial charge in [0.1, 0.15) is 17.3 Å². The number of amidine groups is 1. The summed E-state index contributed by atoms with van der Waals surface area (Å²) < 4.78 is 39.7. The third kappa shape index (κ3) is 4.93. The zero-order chi connectivity index (χ0) is 23.3. The number of rotatable bonds is 7. The Kier molecular flexibility index (Phi) is 6.50. The smallest absolute Gasteiger partial charge is 0.338 e. The van der Waals surface area contributed by atoms with Gasteiger partial charge in [-0.3, -0.25) is 0 Å². The van der Waals surface area contributed by atoms with Crippen molar-refractivity contribution < 1.29 is 22.7 Å². The topological polar surface area (TPSA) is 97.6 Å². The van der Waals surface area contributed by atoms with Gasteiger partial charge in [-0.05, 0) is 36.4 Å². The van der Waals surface area contributed by atoms with Crippen LogP contribution in [0.4, 0.5) is 0 Å². The van der Waals surface area contributed by atoms with Crippen molar-refractivity contribution in [1.29, 1.82) is 0 Å². The fourth-order valence-corrected chi connectivity index (χ4v) is 4.49. The molecule has 0 aliphatic carbocycles. The van der Waals surface area contributed by atoms with E-state index in [1.807, 2.05) is 18.2 Å². The molecule has 0 fully saturated rings. The largest absolute Gasteiger partial charge is 0.496 e. The van der Waals surface area contributed by atoms with Crippen LogP contribution < -0.4 is 4.74 Å². The number of hydrazone groups is 1. The Morgan fingerprint density at radius 1 is 1.00 bits per heavy atom. The standard InChI is InChI=1S/C24H21N3O5S/c1-31-21-13-7-5-11-19(21)17-25-27(15-16-32-24(28)18-9-3-2-4-10-18)23-20-12-6-8-14-22(20)33(29,30)26-23/h2-14,17H,15-16H2,1H3/b25-17+. The maximum atomic E-state index is 12.5. The normalized spacial score (nSPS) is 13.9. The van der Waals surface area contributed by atoms with Gasteiger partial charge in [0.2, 0.25) is 0 Å². The minimum absolute atomic E-state index is 0.0295. The first kappa shape index (κ1) is 22.2. The number of hydrogen-bond donors (Lipinski definition) is 0. The van der Waals surface area contributed by atoms with Crippen LogP contribution in [-0.4, -0.2) is 51.7 Å². The molecular formula is C24H21N3O5S. The van der Waals surface area contributed by atoms with Crippen molar-refractivity contribution in [2.45, 2.75) is 4.90 Å². The molecule has 168 valence electrons. The van der Waals surface area contributed by atoms with Gasteiger partial charge in [-0.1, -0.05) is 42.5 Å². The van der Waals surface area contributed by atoms with E-state index in [9.17, 15) is 13.2 Å². The Hall–Kier alpha value is -3.98. The number of methoxy groups -OCH3 is 1. The third-order valence-electron chi connectivity index (χ3n) is 4.88. The number of benzene rings is 3. The summed E-state index contributed by atoms with van der Waals surface area (Å²) in [5.74, 6) is 0.288.